The van der Waals surface area contributed by atoms with E-state index in [0.29, 0.717) is 30.4 Å². The first-order valence-electron chi connectivity index (χ1n) is 8.67. The third-order valence-electron chi connectivity index (χ3n) is 3.81. The van der Waals surface area contributed by atoms with Gasteiger partial charge < -0.3 is 15.2 Å². The van der Waals surface area contributed by atoms with Gasteiger partial charge in [-0.2, -0.15) is 4.98 Å². The smallest absolute Gasteiger partial charge is 0.276 e. The molecule has 2 heterocycles. The zero-order valence-electron chi connectivity index (χ0n) is 15.4. The number of guanidine groups is 1. The highest BCUT2D eigenvalue weighted by Crippen LogP contribution is 2.13. The first-order valence-corrected chi connectivity index (χ1v) is 9.05. The molecule has 0 amide bonds. The van der Waals surface area contributed by atoms with Crippen LogP contribution in [0.4, 0.5) is 0 Å². The average molecular weight is 513 g/mol. The lowest BCUT2D eigenvalue weighted by molar-refractivity contribution is 0.421. The molecule has 0 spiro atoms. The van der Waals surface area contributed by atoms with E-state index >= 15 is 0 Å². The van der Waals surface area contributed by atoms with Crippen molar-refractivity contribution in [2.75, 3.05) is 20.1 Å². The van der Waals surface area contributed by atoms with Gasteiger partial charge in [0.15, 0.2) is 11.8 Å². The van der Waals surface area contributed by atoms with Crippen molar-refractivity contribution in [3.05, 3.63) is 65.1 Å². The van der Waals surface area contributed by atoms with Crippen molar-refractivity contribution in [2.24, 2.45) is 4.99 Å². The topological polar surface area (TPSA) is 88.2 Å². The van der Waals surface area contributed by atoms with Gasteiger partial charge in [-0.15, -0.1) is 24.0 Å². The SMILES string of the molecule is CN=C(NCCc1cccc(Cl)c1)NCCc1noc(-c2ccccn2)n1.I. The Morgan fingerprint density at radius 2 is 1.93 bits per heavy atom. The van der Waals surface area contributed by atoms with Crippen LogP contribution in [0.2, 0.25) is 5.02 Å². The summed E-state index contributed by atoms with van der Waals surface area (Å²) >= 11 is 6.00. The molecule has 0 unspecified atom stereocenters. The number of hydrogen-bond acceptors (Lipinski definition) is 5. The molecule has 0 aliphatic rings. The Kier molecular flexibility index (Phi) is 9.15. The number of nitrogens with zero attached hydrogens (tertiary/aromatic N) is 4. The van der Waals surface area contributed by atoms with Crippen LogP contribution in [-0.4, -0.2) is 41.2 Å². The number of hydrogen-bond donors (Lipinski definition) is 2. The molecule has 2 N–H and O–H groups in total. The summed E-state index contributed by atoms with van der Waals surface area (Å²) in [6.45, 7) is 1.39. The van der Waals surface area contributed by atoms with E-state index in [1.54, 1.807) is 13.2 Å². The van der Waals surface area contributed by atoms with Crippen LogP contribution in [-0.2, 0) is 12.8 Å². The minimum Gasteiger partial charge on any atom is -0.356 e. The fourth-order valence-electron chi connectivity index (χ4n) is 2.48. The summed E-state index contributed by atoms with van der Waals surface area (Å²) in [5.74, 6) is 1.78. The van der Waals surface area contributed by atoms with Gasteiger partial charge in [-0.3, -0.25) is 9.98 Å². The number of halogens is 2. The van der Waals surface area contributed by atoms with Gasteiger partial charge in [0, 0.05) is 37.8 Å². The number of aromatic nitrogens is 3. The second-order valence-corrected chi connectivity index (χ2v) is 6.22. The van der Waals surface area contributed by atoms with Crippen LogP contribution in [0.3, 0.4) is 0 Å². The largest absolute Gasteiger partial charge is 0.356 e. The van der Waals surface area contributed by atoms with Gasteiger partial charge in [-0.05, 0) is 36.2 Å². The molecule has 3 aromatic rings. The summed E-state index contributed by atoms with van der Waals surface area (Å²) in [5.41, 5.74) is 1.85. The predicted octanol–water partition coefficient (Wildman–Crippen LogP) is 3.35. The fraction of sp³-hybridized carbons (Fsp3) is 0.263. The number of aliphatic imine (C=N–C) groups is 1. The molecule has 0 bridgehead atoms. The molecule has 28 heavy (non-hydrogen) atoms. The van der Waals surface area contributed by atoms with Crippen LogP contribution in [0.5, 0.6) is 0 Å². The lowest BCUT2D eigenvalue weighted by Crippen LogP contribution is -2.39. The maximum absolute atomic E-state index is 6.00. The lowest BCUT2D eigenvalue weighted by atomic mass is 10.1. The van der Waals surface area contributed by atoms with E-state index in [0.717, 1.165) is 23.9 Å². The Labute approximate surface area is 186 Å². The molecular formula is C19H22ClIN6O. The number of rotatable bonds is 7. The van der Waals surface area contributed by atoms with Crippen molar-refractivity contribution >= 4 is 41.5 Å². The van der Waals surface area contributed by atoms with Crippen molar-refractivity contribution in [2.45, 2.75) is 12.8 Å². The normalized spacial score (nSPS) is 11.0. The molecule has 3 rings (SSSR count). The summed E-state index contributed by atoms with van der Waals surface area (Å²) < 4.78 is 5.25. The first-order chi connectivity index (χ1) is 13.2. The van der Waals surface area contributed by atoms with Gasteiger partial charge in [0.05, 0.1) is 0 Å². The molecule has 1 aromatic carbocycles. The van der Waals surface area contributed by atoms with Gasteiger partial charge in [-0.1, -0.05) is 35.0 Å². The molecular weight excluding hydrogens is 491 g/mol. The highest BCUT2D eigenvalue weighted by atomic mass is 127. The maximum atomic E-state index is 6.00. The Balaban J connectivity index is 0.00000280. The summed E-state index contributed by atoms with van der Waals surface area (Å²) in [7, 11) is 1.74. The Bertz CT molecular complexity index is 887. The van der Waals surface area contributed by atoms with Crippen molar-refractivity contribution in [3.63, 3.8) is 0 Å². The molecule has 0 aliphatic carbocycles. The van der Waals surface area contributed by atoms with Gasteiger partial charge in [-0.25, -0.2) is 0 Å². The monoisotopic (exact) mass is 512 g/mol. The van der Waals surface area contributed by atoms with Gasteiger partial charge >= 0.3 is 0 Å². The van der Waals surface area contributed by atoms with Crippen LogP contribution < -0.4 is 10.6 Å². The minimum absolute atomic E-state index is 0. The van der Waals surface area contributed by atoms with Gasteiger partial charge in [0.25, 0.3) is 5.89 Å². The van der Waals surface area contributed by atoms with Crippen LogP contribution >= 0.6 is 35.6 Å². The highest BCUT2D eigenvalue weighted by molar-refractivity contribution is 14.0. The van der Waals surface area contributed by atoms with E-state index < -0.39 is 0 Å². The number of benzene rings is 1. The van der Waals surface area contributed by atoms with Crippen LogP contribution in [0.1, 0.15) is 11.4 Å². The zero-order chi connectivity index (χ0) is 18.9. The second kappa shape index (κ2) is 11.6. The van der Waals surface area contributed by atoms with Crippen molar-refractivity contribution in [1.82, 2.24) is 25.8 Å². The highest BCUT2D eigenvalue weighted by Gasteiger charge is 2.09. The predicted molar refractivity (Wildman–Crippen MR) is 121 cm³/mol. The third-order valence-corrected chi connectivity index (χ3v) is 4.05. The summed E-state index contributed by atoms with van der Waals surface area (Å²) in [4.78, 5) is 12.8. The van der Waals surface area contributed by atoms with E-state index in [1.807, 2.05) is 36.4 Å². The average Bonchev–Trinajstić information content (AvgIpc) is 3.16. The molecule has 7 nitrogen and oxygen atoms in total. The maximum Gasteiger partial charge on any atom is 0.276 e. The quantitative estimate of drug-likeness (QED) is 0.287. The molecule has 0 radical (unpaired) electrons. The van der Waals surface area contributed by atoms with Crippen LogP contribution in [0.25, 0.3) is 11.6 Å². The minimum atomic E-state index is 0. The van der Waals surface area contributed by atoms with Gasteiger partial charge in [0.1, 0.15) is 5.69 Å². The molecule has 0 fully saturated rings. The molecule has 2 aromatic heterocycles. The van der Waals surface area contributed by atoms with Gasteiger partial charge in [0.2, 0.25) is 0 Å². The Morgan fingerprint density at radius 1 is 1.11 bits per heavy atom. The standard InChI is InChI=1S/C19H21ClN6O.HI/c1-21-19(23-11-8-14-5-4-6-15(20)13-14)24-12-9-17-25-18(27-26-17)16-7-2-3-10-22-16;/h2-7,10,13H,8-9,11-12H2,1H3,(H2,21,23,24);1H. The van der Waals surface area contributed by atoms with Crippen LogP contribution in [0, 0.1) is 0 Å². The summed E-state index contributed by atoms with van der Waals surface area (Å²) in [6, 6.07) is 13.4. The lowest BCUT2D eigenvalue weighted by Gasteiger charge is -2.11. The molecule has 0 saturated carbocycles. The molecule has 9 heteroatoms. The summed E-state index contributed by atoms with van der Waals surface area (Å²) in [6.07, 6.45) is 3.17. The molecule has 0 aliphatic heterocycles. The third kappa shape index (κ3) is 6.75. The Hall–Kier alpha value is -2.20. The summed E-state index contributed by atoms with van der Waals surface area (Å²) in [5, 5.41) is 11.3. The van der Waals surface area contributed by atoms with Crippen molar-refractivity contribution in [3.8, 4) is 11.6 Å². The van der Waals surface area contributed by atoms with Crippen molar-refractivity contribution < 1.29 is 4.52 Å². The van der Waals surface area contributed by atoms with E-state index in [1.165, 1.54) is 5.56 Å². The molecule has 0 saturated heterocycles. The molecule has 148 valence electrons. The molecule has 0 atom stereocenters. The van der Waals surface area contributed by atoms with E-state index in [4.69, 9.17) is 16.1 Å². The first kappa shape index (κ1) is 22.1. The number of nitrogens with one attached hydrogen (secondary N) is 2. The van der Waals surface area contributed by atoms with E-state index in [2.05, 4.69) is 36.8 Å². The number of pyridine rings is 1. The second-order valence-electron chi connectivity index (χ2n) is 5.79. The Morgan fingerprint density at radius 3 is 2.64 bits per heavy atom. The fourth-order valence-corrected chi connectivity index (χ4v) is 2.69. The zero-order valence-corrected chi connectivity index (χ0v) is 18.5. The van der Waals surface area contributed by atoms with E-state index in [-0.39, 0.29) is 24.0 Å². The van der Waals surface area contributed by atoms with Crippen LogP contribution in [0.15, 0.2) is 58.2 Å². The van der Waals surface area contributed by atoms with Crippen molar-refractivity contribution in [1.29, 1.82) is 0 Å². The van der Waals surface area contributed by atoms with E-state index in [9.17, 15) is 0 Å².